The monoisotopic (exact) mass is 1700 g/mol. The highest BCUT2D eigenvalue weighted by molar-refractivity contribution is 7.81. The van der Waals surface area contributed by atoms with Gasteiger partial charge >= 0.3 is 18.5 Å². The van der Waals surface area contributed by atoms with Gasteiger partial charge in [-0.25, -0.2) is 8.78 Å². The molecular formula is C98H78Cl2F11OP5. The maximum Gasteiger partial charge on any atom is 0.416 e. The van der Waals surface area contributed by atoms with Crippen LogP contribution in [0.2, 0.25) is 10.0 Å². The van der Waals surface area contributed by atoms with Crippen LogP contribution in [0.1, 0.15) is 38.9 Å². The summed E-state index contributed by atoms with van der Waals surface area (Å²) < 4.78 is 153. The van der Waals surface area contributed by atoms with E-state index in [9.17, 15) is 48.3 Å². The number of hydrogen-bond acceptors (Lipinski definition) is 1. The summed E-state index contributed by atoms with van der Waals surface area (Å²) >= 11 is 12.1. The molecule has 592 valence electrons. The molecule has 19 heteroatoms. The molecule has 0 saturated heterocycles. The highest BCUT2D eigenvalue weighted by Crippen LogP contribution is 2.44. The van der Waals surface area contributed by atoms with E-state index in [1.165, 1.54) is 114 Å². The van der Waals surface area contributed by atoms with Crippen LogP contribution in [0.5, 0.6) is 5.75 Å². The zero-order valence-corrected chi connectivity index (χ0v) is 69.9. The predicted octanol–water partition coefficient (Wildman–Crippen LogP) is 23.1. The van der Waals surface area contributed by atoms with Crippen LogP contribution < -0.4 is 84.3 Å². The smallest absolute Gasteiger partial charge is 0.416 e. The lowest BCUT2D eigenvalue weighted by molar-refractivity contribution is -0.143. The van der Waals surface area contributed by atoms with Gasteiger partial charge < -0.3 is 4.74 Å². The molecule has 0 spiro atoms. The molecule has 0 bridgehead atoms. The van der Waals surface area contributed by atoms with Crippen LogP contribution in [0.15, 0.2) is 382 Å². The number of aryl methyl sites for hydroxylation is 4. The van der Waals surface area contributed by atoms with Crippen molar-refractivity contribution in [3.8, 4) is 5.75 Å². The van der Waals surface area contributed by atoms with Crippen LogP contribution in [0, 0.1) is 39.3 Å². The minimum atomic E-state index is -5.08. The number of alkyl halides is 9. The Morgan fingerprint density at radius 2 is 0.462 bits per heavy atom. The molecule has 0 saturated carbocycles. The SMILES string of the molecule is COc1ccccc1P(c1ccccc1)c1ccccc1.Cc1cc(P(c2cc(C(F)(F)F)cc(C(F)(F)F)c2)c2ccccc2C)cc(C(F)(F)F)c1.Cc1ccccc1P(c1ccc(Cl)cc1)c1ccc(Cl)cc1.Cc1ccccc1P(c1ccc(F)cc1)c1ccc(F)cc1.c1ccc(P(c2ccccc2)c2ccccc2)cc1. The Morgan fingerprint density at radius 3 is 0.761 bits per heavy atom. The van der Waals surface area contributed by atoms with Crippen LogP contribution in [-0.2, 0) is 18.5 Å². The average molecular weight is 1710 g/mol. The molecule has 1 nitrogen and oxygen atoms in total. The Bertz CT molecular complexity index is 5250. The zero-order valence-electron chi connectivity index (χ0n) is 63.9. The van der Waals surface area contributed by atoms with Crippen molar-refractivity contribution >= 4 is 142 Å². The van der Waals surface area contributed by atoms with E-state index in [0.29, 0.717) is 23.0 Å². The van der Waals surface area contributed by atoms with Gasteiger partial charge in [0.15, 0.2) is 0 Å². The first-order chi connectivity index (χ1) is 56.2. The molecule has 0 fully saturated rings. The first-order valence-corrected chi connectivity index (χ1v) is 44.2. The van der Waals surface area contributed by atoms with Gasteiger partial charge in [-0.2, -0.15) is 39.5 Å². The summed E-state index contributed by atoms with van der Waals surface area (Å²) in [5.41, 5.74) is -0.856. The number of ether oxygens (including phenoxy) is 1. The second-order valence-electron chi connectivity index (χ2n) is 26.6. The fourth-order valence-corrected chi connectivity index (χ4v) is 25.2. The second kappa shape index (κ2) is 41.4. The third kappa shape index (κ3) is 24.2. The van der Waals surface area contributed by atoms with Crippen molar-refractivity contribution in [3.05, 3.63) is 443 Å². The van der Waals surface area contributed by atoms with Gasteiger partial charge in [0.2, 0.25) is 0 Å². The van der Waals surface area contributed by atoms with Crippen LogP contribution in [0.25, 0.3) is 0 Å². The average Bonchev–Trinajstić information content (AvgIpc) is 0.756. The fourth-order valence-electron chi connectivity index (χ4n) is 12.8. The van der Waals surface area contributed by atoms with E-state index in [1.807, 2.05) is 72.8 Å². The van der Waals surface area contributed by atoms with Gasteiger partial charge in [-0.05, 0) is 249 Å². The molecule has 0 amide bonds. The van der Waals surface area contributed by atoms with Crippen molar-refractivity contribution in [1.82, 2.24) is 0 Å². The normalized spacial score (nSPS) is 11.6. The van der Waals surface area contributed by atoms with E-state index in [2.05, 4.69) is 238 Å². The zero-order chi connectivity index (χ0) is 83.2. The van der Waals surface area contributed by atoms with E-state index < -0.39 is 74.8 Å². The summed E-state index contributed by atoms with van der Waals surface area (Å²) in [5.74, 6) is 0.460. The lowest BCUT2D eigenvalue weighted by Crippen LogP contribution is -2.26. The number of benzene rings is 15. The summed E-state index contributed by atoms with van der Waals surface area (Å²) in [7, 11) is -2.91. The van der Waals surface area contributed by atoms with Crippen molar-refractivity contribution in [3.63, 3.8) is 0 Å². The molecule has 0 radical (unpaired) electrons. The second-order valence-corrected chi connectivity index (χ2v) is 38.4. The first-order valence-electron chi connectivity index (χ1n) is 36.8. The van der Waals surface area contributed by atoms with Crippen molar-refractivity contribution in [2.24, 2.45) is 0 Å². The van der Waals surface area contributed by atoms with Crippen molar-refractivity contribution in [2.45, 2.75) is 46.2 Å². The van der Waals surface area contributed by atoms with Crippen molar-refractivity contribution in [1.29, 1.82) is 0 Å². The quantitative estimate of drug-likeness (QED) is 0.0692. The van der Waals surface area contributed by atoms with Gasteiger partial charge in [0.25, 0.3) is 0 Å². The molecule has 117 heavy (non-hydrogen) atoms. The third-order valence-electron chi connectivity index (χ3n) is 18.3. The molecule has 1 unspecified atom stereocenters. The molecule has 0 aromatic heterocycles. The molecule has 15 aromatic rings. The van der Waals surface area contributed by atoms with Gasteiger partial charge in [0.1, 0.15) is 17.4 Å². The van der Waals surface area contributed by atoms with Crippen LogP contribution in [0.3, 0.4) is 0 Å². The van der Waals surface area contributed by atoms with Gasteiger partial charge in [0.05, 0.1) is 23.8 Å². The third-order valence-corrected chi connectivity index (χ3v) is 31.5. The van der Waals surface area contributed by atoms with E-state index >= 15 is 0 Å². The van der Waals surface area contributed by atoms with Crippen LogP contribution >= 0.6 is 62.8 Å². The Labute approximate surface area is 692 Å². The van der Waals surface area contributed by atoms with Crippen molar-refractivity contribution in [2.75, 3.05) is 7.11 Å². The Balaban J connectivity index is 0.000000146. The Kier molecular flexibility index (Phi) is 31.1. The topological polar surface area (TPSA) is 9.23 Å². The Morgan fingerprint density at radius 1 is 0.231 bits per heavy atom. The molecule has 0 aliphatic rings. The van der Waals surface area contributed by atoms with Crippen molar-refractivity contribution < 1.29 is 53.0 Å². The maximum atomic E-state index is 13.5. The fraction of sp³-hybridized carbons (Fsp3) is 0.0816. The molecule has 0 heterocycles. The maximum absolute atomic E-state index is 13.5. The molecule has 15 rings (SSSR count). The van der Waals surface area contributed by atoms with Crippen LogP contribution in [0.4, 0.5) is 48.3 Å². The van der Waals surface area contributed by atoms with Gasteiger partial charge in [-0.1, -0.05) is 320 Å². The van der Waals surface area contributed by atoms with Gasteiger partial charge in [-0.3, -0.25) is 0 Å². The summed E-state index contributed by atoms with van der Waals surface area (Å²) in [4.78, 5) is 0. The lowest BCUT2D eigenvalue weighted by Gasteiger charge is -2.25. The summed E-state index contributed by atoms with van der Waals surface area (Å²) in [5, 5.41) is 16.9. The van der Waals surface area contributed by atoms with E-state index in [0.717, 1.165) is 38.5 Å². The molecule has 15 aromatic carbocycles. The summed E-state index contributed by atoms with van der Waals surface area (Å²) in [6, 6.07) is 119. The molecular weight excluding hydrogens is 1630 g/mol. The van der Waals surface area contributed by atoms with E-state index in [1.54, 1.807) is 26.2 Å². The number of para-hydroxylation sites is 1. The predicted molar refractivity (Wildman–Crippen MR) is 476 cm³/mol. The molecule has 1 atom stereocenters. The van der Waals surface area contributed by atoms with E-state index in [-0.39, 0.29) is 33.9 Å². The number of methoxy groups -OCH3 is 1. The molecule has 0 aliphatic heterocycles. The first kappa shape index (κ1) is 87.9. The minimum absolute atomic E-state index is 0.000857. The minimum Gasteiger partial charge on any atom is -0.496 e. The largest absolute Gasteiger partial charge is 0.496 e. The number of rotatable bonds is 16. The van der Waals surface area contributed by atoms with Crippen LogP contribution in [-0.4, -0.2) is 7.11 Å². The molecule has 0 N–H and O–H groups in total. The van der Waals surface area contributed by atoms with Gasteiger partial charge in [-0.15, -0.1) is 0 Å². The number of halogens is 13. The standard InChI is InChI=1S/C23H16F9P.C19H15Cl2P.C19H15F2P.C19H17OP.C18H15P/c1-13-7-15(21(24,25)26)10-18(8-13)33(20-6-4-3-5-14(20)2)19-11-16(22(27,28)29)9-17(12-19)23(30,31)32;2*1-14-4-2-3-5-19(14)22(17-10-6-15(20)7-11-17)18-12-8-16(21)9-13-18;1-20-18-14-8-9-15-19(18)21(16-10-4-2-5-11-16)17-12-6-3-7-13-17;1-4-10-16(11-5-1)19(17-12-6-2-7-13-17)18-14-8-3-9-15-18/h3-12H,1-2H3;2*2-13H,1H3;2-15H,1H3;1-15H. The highest BCUT2D eigenvalue weighted by Gasteiger charge is 2.39. The number of hydrogen-bond donors (Lipinski definition) is 0. The Hall–Kier alpha value is -9.94. The van der Waals surface area contributed by atoms with E-state index in [4.69, 9.17) is 27.9 Å². The lowest BCUT2D eigenvalue weighted by atomic mass is 10.1. The van der Waals surface area contributed by atoms with Gasteiger partial charge in [0, 0.05) is 15.3 Å². The molecule has 0 aliphatic carbocycles. The summed E-state index contributed by atoms with van der Waals surface area (Å²) in [6.07, 6.45) is -14.9. The highest BCUT2D eigenvalue weighted by atomic mass is 35.5. The summed E-state index contributed by atoms with van der Waals surface area (Å²) in [6.45, 7) is 7.22.